The Labute approximate surface area is 115 Å². The van der Waals surface area contributed by atoms with Gasteiger partial charge in [-0.25, -0.2) is 4.79 Å². The molecule has 0 bridgehead atoms. The highest BCUT2D eigenvalue weighted by atomic mass is 32.1. The smallest absolute Gasteiger partial charge is 0.340 e. The van der Waals surface area contributed by atoms with E-state index in [9.17, 15) is 9.59 Å². The summed E-state index contributed by atoms with van der Waals surface area (Å²) in [7, 11) is 1.31. The van der Waals surface area contributed by atoms with Gasteiger partial charge in [-0.2, -0.15) is 0 Å². The van der Waals surface area contributed by atoms with E-state index in [2.05, 4.69) is 10.1 Å². The summed E-state index contributed by atoms with van der Waals surface area (Å²) in [6.45, 7) is 1.92. The van der Waals surface area contributed by atoms with Crippen LogP contribution in [0.15, 0.2) is 35.7 Å². The van der Waals surface area contributed by atoms with Crippen LogP contribution in [0, 0.1) is 6.92 Å². The Morgan fingerprint density at radius 1 is 1.26 bits per heavy atom. The first-order valence-corrected chi connectivity index (χ1v) is 6.53. The zero-order valence-corrected chi connectivity index (χ0v) is 11.4. The fourth-order valence-electron chi connectivity index (χ4n) is 1.64. The number of amides is 1. The van der Waals surface area contributed by atoms with Crippen LogP contribution in [0.25, 0.3) is 0 Å². The van der Waals surface area contributed by atoms with Crippen molar-refractivity contribution < 1.29 is 14.3 Å². The van der Waals surface area contributed by atoms with E-state index < -0.39 is 5.97 Å². The van der Waals surface area contributed by atoms with Gasteiger partial charge in [0.05, 0.1) is 12.7 Å². The highest BCUT2D eigenvalue weighted by Gasteiger charge is 2.16. The predicted octanol–water partition coefficient (Wildman–Crippen LogP) is 3.10. The Bertz CT molecular complexity index is 619. The fraction of sp³-hybridized carbons (Fsp3) is 0.143. The van der Waals surface area contributed by atoms with Gasteiger partial charge >= 0.3 is 5.97 Å². The van der Waals surface area contributed by atoms with Crippen molar-refractivity contribution in [1.29, 1.82) is 0 Å². The van der Waals surface area contributed by atoms with Gasteiger partial charge in [-0.1, -0.05) is 17.7 Å². The highest BCUT2D eigenvalue weighted by Crippen LogP contribution is 2.24. The van der Waals surface area contributed by atoms with Crippen molar-refractivity contribution in [3.8, 4) is 0 Å². The Morgan fingerprint density at radius 3 is 2.74 bits per heavy atom. The Balaban J connectivity index is 2.20. The van der Waals surface area contributed by atoms with E-state index in [0.717, 1.165) is 5.56 Å². The molecule has 0 aliphatic carbocycles. The number of esters is 1. The van der Waals surface area contributed by atoms with E-state index in [1.54, 1.807) is 23.6 Å². The number of carbonyl (C=O) groups excluding carboxylic acids is 2. The monoisotopic (exact) mass is 275 g/mol. The molecule has 5 heteroatoms. The van der Waals surface area contributed by atoms with Crippen LogP contribution in [0.3, 0.4) is 0 Å². The molecule has 1 amide bonds. The maximum absolute atomic E-state index is 12.1. The van der Waals surface area contributed by atoms with E-state index in [1.165, 1.54) is 18.4 Å². The SMILES string of the molecule is COC(=O)c1ccsc1NC(=O)c1cccc(C)c1. The van der Waals surface area contributed by atoms with E-state index in [1.807, 2.05) is 19.1 Å². The first-order chi connectivity index (χ1) is 9.11. The van der Waals surface area contributed by atoms with Gasteiger partial charge in [0.15, 0.2) is 0 Å². The molecule has 0 aliphatic rings. The Hall–Kier alpha value is -2.14. The normalized spacial score (nSPS) is 10.0. The number of methoxy groups -OCH3 is 1. The average Bonchev–Trinajstić information content (AvgIpc) is 2.86. The summed E-state index contributed by atoms with van der Waals surface area (Å²) in [4.78, 5) is 23.6. The summed E-state index contributed by atoms with van der Waals surface area (Å²) in [6.07, 6.45) is 0. The topological polar surface area (TPSA) is 55.4 Å². The van der Waals surface area contributed by atoms with Crippen molar-refractivity contribution in [1.82, 2.24) is 0 Å². The number of aryl methyl sites for hydroxylation is 1. The molecule has 0 saturated heterocycles. The molecule has 19 heavy (non-hydrogen) atoms. The lowest BCUT2D eigenvalue weighted by Gasteiger charge is -2.05. The van der Waals surface area contributed by atoms with Crippen LogP contribution >= 0.6 is 11.3 Å². The maximum Gasteiger partial charge on any atom is 0.340 e. The number of thiophene rings is 1. The molecule has 1 aromatic carbocycles. The summed E-state index contributed by atoms with van der Waals surface area (Å²) in [6, 6.07) is 8.89. The minimum absolute atomic E-state index is 0.240. The molecule has 0 unspecified atom stereocenters. The third-order valence-electron chi connectivity index (χ3n) is 2.58. The van der Waals surface area contributed by atoms with Crippen molar-refractivity contribution in [2.75, 3.05) is 12.4 Å². The number of rotatable bonds is 3. The summed E-state index contributed by atoms with van der Waals surface area (Å²) in [5.74, 6) is -0.697. The van der Waals surface area contributed by atoms with E-state index >= 15 is 0 Å². The van der Waals surface area contributed by atoms with Crippen LogP contribution in [0.1, 0.15) is 26.3 Å². The molecule has 1 aromatic heterocycles. The van der Waals surface area contributed by atoms with E-state index in [4.69, 9.17) is 0 Å². The molecule has 0 aliphatic heterocycles. The minimum Gasteiger partial charge on any atom is -0.465 e. The van der Waals surface area contributed by atoms with Crippen LogP contribution in [0.5, 0.6) is 0 Å². The Kier molecular flexibility index (Phi) is 3.97. The molecule has 2 rings (SSSR count). The van der Waals surface area contributed by atoms with Crippen molar-refractivity contribution in [2.45, 2.75) is 6.92 Å². The van der Waals surface area contributed by atoms with Crippen molar-refractivity contribution in [3.05, 3.63) is 52.4 Å². The number of hydrogen-bond acceptors (Lipinski definition) is 4. The molecule has 4 nitrogen and oxygen atoms in total. The van der Waals surface area contributed by atoms with Gasteiger partial charge in [-0.15, -0.1) is 11.3 Å². The molecule has 98 valence electrons. The molecule has 0 radical (unpaired) electrons. The third-order valence-corrected chi connectivity index (χ3v) is 3.41. The first kappa shape index (κ1) is 13.3. The summed E-state index contributed by atoms with van der Waals surface area (Å²) >= 11 is 1.29. The van der Waals surface area contributed by atoms with Crippen molar-refractivity contribution in [3.63, 3.8) is 0 Å². The lowest BCUT2D eigenvalue weighted by molar-refractivity contribution is 0.0602. The number of hydrogen-bond donors (Lipinski definition) is 1. The van der Waals surface area contributed by atoms with Crippen LogP contribution < -0.4 is 5.32 Å². The van der Waals surface area contributed by atoms with E-state index in [-0.39, 0.29) is 5.91 Å². The second-order valence-electron chi connectivity index (χ2n) is 3.98. The second kappa shape index (κ2) is 5.67. The number of benzene rings is 1. The van der Waals surface area contributed by atoms with Gasteiger partial charge < -0.3 is 10.1 Å². The lowest BCUT2D eigenvalue weighted by atomic mass is 10.1. The number of nitrogens with one attached hydrogen (secondary N) is 1. The average molecular weight is 275 g/mol. The molecular weight excluding hydrogens is 262 g/mol. The Morgan fingerprint density at radius 2 is 2.05 bits per heavy atom. The van der Waals surface area contributed by atoms with Crippen LogP contribution in [0.2, 0.25) is 0 Å². The number of carbonyl (C=O) groups is 2. The molecule has 2 aromatic rings. The number of anilines is 1. The van der Waals surface area contributed by atoms with Crippen molar-refractivity contribution in [2.24, 2.45) is 0 Å². The van der Waals surface area contributed by atoms with Gasteiger partial charge in [0.2, 0.25) is 0 Å². The maximum atomic E-state index is 12.1. The molecular formula is C14H13NO3S. The quantitative estimate of drug-likeness (QED) is 0.876. The molecule has 0 fully saturated rings. The molecule has 0 spiro atoms. The van der Waals surface area contributed by atoms with Crippen LogP contribution in [-0.2, 0) is 4.74 Å². The standard InChI is InChI=1S/C14H13NO3S/c1-9-4-3-5-10(8-9)12(16)15-13-11(6-7-19-13)14(17)18-2/h3-8H,1-2H3,(H,15,16). The minimum atomic E-state index is -0.458. The van der Waals surface area contributed by atoms with Crippen LogP contribution in [-0.4, -0.2) is 19.0 Å². The fourth-order valence-corrected chi connectivity index (χ4v) is 2.41. The number of ether oxygens (including phenoxy) is 1. The zero-order chi connectivity index (χ0) is 13.8. The third kappa shape index (κ3) is 3.00. The molecule has 0 saturated carbocycles. The summed E-state index contributed by atoms with van der Waals surface area (Å²) in [5, 5.41) is 4.96. The second-order valence-corrected chi connectivity index (χ2v) is 4.89. The predicted molar refractivity (Wildman–Crippen MR) is 74.8 cm³/mol. The highest BCUT2D eigenvalue weighted by molar-refractivity contribution is 7.14. The van der Waals surface area contributed by atoms with Gasteiger partial charge in [-0.05, 0) is 30.5 Å². The molecule has 1 N–H and O–H groups in total. The molecule has 0 atom stereocenters. The molecule has 1 heterocycles. The lowest BCUT2D eigenvalue weighted by Crippen LogP contribution is -2.13. The van der Waals surface area contributed by atoms with Gasteiger partial charge in [0, 0.05) is 5.56 Å². The van der Waals surface area contributed by atoms with Gasteiger partial charge in [-0.3, -0.25) is 4.79 Å². The zero-order valence-electron chi connectivity index (χ0n) is 10.6. The first-order valence-electron chi connectivity index (χ1n) is 5.65. The summed E-state index contributed by atoms with van der Waals surface area (Å²) in [5.41, 5.74) is 1.93. The summed E-state index contributed by atoms with van der Waals surface area (Å²) < 4.78 is 4.66. The largest absolute Gasteiger partial charge is 0.465 e. The van der Waals surface area contributed by atoms with Crippen LogP contribution in [0.4, 0.5) is 5.00 Å². The van der Waals surface area contributed by atoms with Gasteiger partial charge in [0.1, 0.15) is 5.00 Å². The van der Waals surface area contributed by atoms with Gasteiger partial charge in [0.25, 0.3) is 5.91 Å². The van der Waals surface area contributed by atoms with E-state index in [0.29, 0.717) is 16.1 Å². The van der Waals surface area contributed by atoms with Crippen molar-refractivity contribution >= 4 is 28.2 Å².